The Morgan fingerprint density at radius 2 is 1.36 bits per heavy atom. The van der Waals surface area contributed by atoms with Gasteiger partial charge in [-0.1, -0.05) is 30.3 Å². The molecule has 2 rings (SSSR count). The fourth-order valence-electron chi connectivity index (χ4n) is 4.51. The van der Waals surface area contributed by atoms with Crippen molar-refractivity contribution in [1.82, 2.24) is 15.5 Å². The first-order valence-electron chi connectivity index (χ1n) is 14.8. The van der Waals surface area contributed by atoms with Crippen LogP contribution in [0.25, 0.3) is 0 Å². The summed E-state index contributed by atoms with van der Waals surface area (Å²) < 4.78 is 32.2. The van der Waals surface area contributed by atoms with Gasteiger partial charge in [0.05, 0.1) is 13.1 Å². The fourth-order valence-corrected chi connectivity index (χ4v) is 4.51. The van der Waals surface area contributed by atoms with Gasteiger partial charge in [0.2, 0.25) is 11.8 Å². The molecule has 260 valence electrons. The maximum absolute atomic E-state index is 13.1. The van der Waals surface area contributed by atoms with Crippen molar-refractivity contribution in [2.24, 2.45) is 0 Å². The molecular formula is C31H43N3O13. The monoisotopic (exact) mass is 665 g/mol. The fraction of sp³-hybridized carbons (Fsp3) is 0.581. The van der Waals surface area contributed by atoms with E-state index in [-0.39, 0.29) is 19.6 Å². The number of nitrogens with one attached hydrogen (secondary N) is 2. The zero-order valence-electron chi connectivity index (χ0n) is 27.6. The van der Waals surface area contributed by atoms with Crippen LogP contribution in [0.4, 0.5) is 0 Å². The first-order valence-corrected chi connectivity index (χ1v) is 14.8. The molecule has 5 atom stereocenters. The van der Waals surface area contributed by atoms with Gasteiger partial charge in [0, 0.05) is 34.2 Å². The summed E-state index contributed by atoms with van der Waals surface area (Å²) in [5.41, 5.74) is 0.00927. The van der Waals surface area contributed by atoms with Crippen LogP contribution in [-0.4, -0.2) is 109 Å². The number of carbonyl (C=O) groups is 7. The first kappa shape index (κ1) is 38.6. The van der Waals surface area contributed by atoms with E-state index in [1.807, 2.05) is 6.07 Å². The summed E-state index contributed by atoms with van der Waals surface area (Å²) in [5.74, 6) is -4.99. The van der Waals surface area contributed by atoms with Crippen molar-refractivity contribution in [3.05, 3.63) is 35.9 Å². The van der Waals surface area contributed by atoms with E-state index in [1.54, 1.807) is 45.0 Å². The molecule has 1 aromatic carbocycles. The maximum atomic E-state index is 13.1. The Balaban J connectivity index is 2.18. The molecule has 2 N–H and O–H groups in total. The molecule has 1 saturated heterocycles. The second kappa shape index (κ2) is 17.9. The van der Waals surface area contributed by atoms with Gasteiger partial charge in [-0.25, -0.2) is 0 Å². The summed E-state index contributed by atoms with van der Waals surface area (Å²) in [6, 6.07) is 8.99. The van der Waals surface area contributed by atoms with E-state index < -0.39 is 91.1 Å². The molecule has 1 aromatic rings. The highest BCUT2D eigenvalue weighted by Crippen LogP contribution is 2.28. The average molecular weight is 666 g/mol. The lowest BCUT2D eigenvalue weighted by molar-refractivity contribution is -0.256. The van der Waals surface area contributed by atoms with Gasteiger partial charge in [0.15, 0.2) is 24.5 Å². The van der Waals surface area contributed by atoms with E-state index in [4.69, 9.17) is 28.4 Å². The zero-order chi connectivity index (χ0) is 35.3. The minimum atomic E-state index is -1.49. The molecule has 16 heteroatoms. The number of amides is 2. The molecule has 0 aliphatic carbocycles. The number of ether oxygens (including phenoxy) is 6. The number of rotatable bonds is 14. The van der Waals surface area contributed by atoms with E-state index in [9.17, 15) is 33.6 Å². The zero-order valence-corrected chi connectivity index (χ0v) is 27.6. The predicted octanol–water partition coefficient (Wildman–Crippen LogP) is 0.146. The van der Waals surface area contributed by atoms with Crippen molar-refractivity contribution in [3.8, 4) is 0 Å². The lowest BCUT2D eigenvalue weighted by atomic mass is 9.97. The van der Waals surface area contributed by atoms with Gasteiger partial charge >= 0.3 is 29.8 Å². The molecule has 16 nitrogen and oxygen atoms in total. The maximum Gasteiger partial charge on any atom is 0.326 e. The van der Waals surface area contributed by atoms with Crippen LogP contribution in [0.5, 0.6) is 0 Å². The minimum absolute atomic E-state index is 0.109. The average Bonchev–Trinajstić information content (AvgIpc) is 2.93. The topological polar surface area (TPSA) is 202 Å². The molecule has 47 heavy (non-hydrogen) atoms. The van der Waals surface area contributed by atoms with Crippen LogP contribution in [0.2, 0.25) is 0 Å². The van der Waals surface area contributed by atoms with E-state index in [0.29, 0.717) is 0 Å². The Morgan fingerprint density at radius 3 is 1.91 bits per heavy atom. The van der Waals surface area contributed by atoms with Gasteiger partial charge in [-0.3, -0.25) is 38.9 Å². The first-order chi connectivity index (χ1) is 21.9. The Hall–Kier alpha value is -4.57. The number of hydrogen-bond acceptors (Lipinski definition) is 14. The van der Waals surface area contributed by atoms with E-state index in [0.717, 1.165) is 33.3 Å². The van der Waals surface area contributed by atoms with Gasteiger partial charge in [-0.05, 0) is 26.3 Å². The number of nitrogens with zero attached hydrogens (tertiary/aromatic N) is 1. The van der Waals surface area contributed by atoms with Crippen molar-refractivity contribution in [1.29, 1.82) is 0 Å². The van der Waals surface area contributed by atoms with E-state index >= 15 is 0 Å². The third-order valence-corrected chi connectivity index (χ3v) is 6.16. The molecule has 1 aliphatic heterocycles. The molecule has 0 saturated carbocycles. The van der Waals surface area contributed by atoms with Crippen LogP contribution in [0.3, 0.4) is 0 Å². The van der Waals surface area contributed by atoms with Gasteiger partial charge in [0.25, 0.3) is 0 Å². The summed E-state index contributed by atoms with van der Waals surface area (Å²) in [7, 11) is 0. The second-order valence-corrected chi connectivity index (χ2v) is 11.6. The second-order valence-electron chi connectivity index (χ2n) is 11.6. The van der Waals surface area contributed by atoms with Crippen molar-refractivity contribution in [2.45, 2.75) is 91.3 Å². The molecule has 0 bridgehead atoms. The molecule has 0 radical (unpaired) electrons. The molecule has 1 fully saturated rings. The summed E-state index contributed by atoms with van der Waals surface area (Å²) in [4.78, 5) is 87.4. The molecule has 2 amide bonds. The summed E-state index contributed by atoms with van der Waals surface area (Å²) in [6.07, 6.45) is -7.06. The Bertz CT molecular complexity index is 1280. The van der Waals surface area contributed by atoms with Crippen molar-refractivity contribution in [3.63, 3.8) is 0 Å². The molecule has 0 unspecified atom stereocenters. The number of benzene rings is 1. The number of esters is 5. The number of carbonyl (C=O) groups excluding carboxylic acids is 7. The number of hydrogen-bond donors (Lipinski definition) is 2. The molecule has 1 heterocycles. The van der Waals surface area contributed by atoms with Crippen LogP contribution in [-0.2, 0) is 68.5 Å². The lowest BCUT2D eigenvalue weighted by Gasteiger charge is -2.44. The van der Waals surface area contributed by atoms with Gasteiger partial charge in [0.1, 0.15) is 24.9 Å². The third kappa shape index (κ3) is 14.2. The highest BCUT2D eigenvalue weighted by Gasteiger charge is 2.52. The molecule has 0 aromatic heterocycles. The third-order valence-electron chi connectivity index (χ3n) is 6.16. The largest absolute Gasteiger partial charge is 0.463 e. The molecule has 1 aliphatic rings. The molecular weight excluding hydrogens is 622 g/mol. The van der Waals surface area contributed by atoms with E-state index in [2.05, 4.69) is 10.6 Å². The highest BCUT2D eigenvalue weighted by atomic mass is 16.7. The highest BCUT2D eigenvalue weighted by molar-refractivity contribution is 5.84. The minimum Gasteiger partial charge on any atom is -0.463 e. The molecule has 0 spiro atoms. The lowest BCUT2D eigenvalue weighted by Crippen LogP contribution is -2.66. The van der Waals surface area contributed by atoms with Crippen molar-refractivity contribution >= 4 is 41.7 Å². The summed E-state index contributed by atoms with van der Waals surface area (Å²) >= 11 is 0. The van der Waals surface area contributed by atoms with Crippen LogP contribution in [0.15, 0.2) is 30.3 Å². The van der Waals surface area contributed by atoms with Crippen LogP contribution in [0, 0.1) is 0 Å². The van der Waals surface area contributed by atoms with Crippen molar-refractivity contribution in [2.75, 3.05) is 26.2 Å². The summed E-state index contributed by atoms with van der Waals surface area (Å²) in [5, 5.41) is 5.20. The Morgan fingerprint density at radius 1 is 0.787 bits per heavy atom. The Labute approximate surface area is 272 Å². The Kier molecular flexibility index (Phi) is 14.7. The predicted molar refractivity (Wildman–Crippen MR) is 161 cm³/mol. The van der Waals surface area contributed by atoms with Gasteiger partial charge in [-0.2, -0.15) is 0 Å². The van der Waals surface area contributed by atoms with Crippen LogP contribution >= 0.6 is 0 Å². The SMILES string of the molecule is CC(=O)OC[C@H]1O[C@@H](NC(=O)CNCC(=O)N(CC(=O)OC(C)(C)C)Cc2ccccc2)[C@H](OC(C)=O)[C@@H](OC(C)=O)[C@@H]1OC(C)=O. The van der Waals surface area contributed by atoms with Crippen LogP contribution < -0.4 is 10.6 Å². The van der Waals surface area contributed by atoms with E-state index in [1.165, 1.54) is 4.90 Å². The standard InChI is InChI=1S/C31H43N3O13/c1-18(35)42-17-23-27(43-19(2)36)28(44-20(3)37)29(45-21(4)38)30(46-23)33-24(39)13-32-14-25(40)34(15-22-11-9-8-10-12-22)16-26(41)47-31(5,6)7/h8-12,23,27-30,32H,13-17H2,1-7H3,(H,33,39)/t23-,27-,28+,29-,30-/m1/s1. The van der Waals surface area contributed by atoms with Crippen LogP contribution in [0.1, 0.15) is 54.0 Å². The quantitative estimate of drug-likeness (QED) is 0.201. The van der Waals surface area contributed by atoms with Crippen molar-refractivity contribution < 1.29 is 62.0 Å². The van der Waals surface area contributed by atoms with Gasteiger partial charge in [-0.15, -0.1) is 0 Å². The summed E-state index contributed by atoms with van der Waals surface area (Å²) in [6.45, 7) is 8.02. The normalized spacial score (nSPS) is 20.6. The van der Waals surface area contributed by atoms with Gasteiger partial charge < -0.3 is 38.6 Å². The smallest absolute Gasteiger partial charge is 0.326 e.